The molecule has 1 aromatic heterocycles. The SMILES string of the molecule is O=C(O)c1cc(O)ccc1NC(=O)c1ccoc1Br. The maximum atomic E-state index is 11.9. The van der Waals surface area contributed by atoms with Crippen LogP contribution in [0.3, 0.4) is 0 Å². The van der Waals surface area contributed by atoms with Crippen LogP contribution in [0.4, 0.5) is 5.69 Å². The van der Waals surface area contributed by atoms with Crippen LogP contribution < -0.4 is 5.32 Å². The summed E-state index contributed by atoms with van der Waals surface area (Å²) in [6.07, 6.45) is 1.33. The number of aromatic carboxylic acids is 1. The Balaban J connectivity index is 2.32. The van der Waals surface area contributed by atoms with Crippen LogP contribution in [0.1, 0.15) is 20.7 Å². The highest BCUT2D eigenvalue weighted by Gasteiger charge is 2.17. The van der Waals surface area contributed by atoms with E-state index in [2.05, 4.69) is 21.2 Å². The van der Waals surface area contributed by atoms with Gasteiger partial charge in [0.05, 0.1) is 23.1 Å². The average Bonchev–Trinajstić information content (AvgIpc) is 2.77. The van der Waals surface area contributed by atoms with Crippen molar-refractivity contribution in [3.05, 3.63) is 46.3 Å². The summed E-state index contributed by atoms with van der Waals surface area (Å²) < 4.78 is 5.17. The lowest BCUT2D eigenvalue weighted by atomic mass is 10.1. The van der Waals surface area contributed by atoms with E-state index in [1.165, 1.54) is 24.5 Å². The molecule has 0 atom stereocenters. The molecule has 0 aliphatic heterocycles. The molecule has 3 N–H and O–H groups in total. The van der Waals surface area contributed by atoms with Crippen molar-refractivity contribution in [1.29, 1.82) is 0 Å². The molecule has 1 heterocycles. The Morgan fingerprint density at radius 3 is 2.53 bits per heavy atom. The predicted octanol–water partition coefficient (Wildman–Crippen LogP) is 2.70. The summed E-state index contributed by atoms with van der Waals surface area (Å²) in [4.78, 5) is 22.9. The molecular formula is C12H8BrNO5. The Morgan fingerprint density at radius 1 is 1.21 bits per heavy atom. The summed E-state index contributed by atoms with van der Waals surface area (Å²) in [6, 6.07) is 5.10. The minimum Gasteiger partial charge on any atom is -0.508 e. The number of carboxylic acids is 1. The molecule has 2 aromatic rings. The van der Waals surface area contributed by atoms with Crippen LogP contribution in [0.15, 0.2) is 39.6 Å². The molecule has 0 aliphatic rings. The number of carboxylic acid groups (broad SMARTS) is 1. The van der Waals surface area contributed by atoms with Crippen LogP contribution in [0, 0.1) is 0 Å². The van der Waals surface area contributed by atoms with Gasteiger partial charge in [0.15, 0.2) is 4.67 Å². The number of rotatable bonds is 3. The number of hydrogen-bond donors (Lipinski definition) is 3. The first-order valence-corrected chi connectivity index (χ1v) is 5.89. The van der Waals surface area contributed by atoms with Crippen molar-refractivity contribution < 1.29 is 24.2 Å². The molecule has 0 aliphatic carbocycles. The first-order valence-electron chi connectivity index (χ1n) is 5.09. The minimum absolute atomic E-state index is 0.0865. The normalized spacial score (nSPS) is 10.2. The Kier molecular flexibility index (Phi) is 3.57. The number of carbonyl (C=O) groups excluding carboxylic acids is 1. The van der Waals surface area contributed by atoms with Crippen LogP contribution in [0.5, 0.6) is 5.75 Å². The predicted molar refractivity (Wildman–Crippen MR) is 69.4 cm³/mol. The number of amides is 1. The van der Waals surface area contributed by atoms with Crippen molar-refractivity contribution in [3.63, 3.8) is 0 Å². The highest BCUT2D eigenvalue weighted by atomic mass is 79.9. The second-order valence-corrected chi connectivity index (χ2v) is 4.32. The zero-order valence-electron chi connectivity index (χ0n) is 9.38. The van der Waals surface area contributed by atoms with Crippen LogP contribution in [0.25, 0.3) is 0 Å². The van der Waals surface area contributed by atoms with Gasteiger partial charge < -0.3 is 19.9 Å². The fourth-order valence-electron chi connectivity index (χ4n) is 1.46. The number of carbonyl (C=O) groups is 2. The molecule has 0 saturated heterocycles. The molecule has 6 nitrogen and oxygen atoms in total. The molecule has 19 heavy (non-hydrogen) atoms. The van der Waals surface area contributed by atoms with Gasteiger partial charge in [-0.1, -0.05) is 0 Å². The third-order valence-corrected chi connectivity index (χ3v) is 2.96. The summed E-state index contributed by atoms with van der Waals surface area (Å²) >= 11 is 3.06. The monoisotopic (exact) mass is 325 g/mol. The van der Waals surface area contributed by atoms with Crippen molar-refractivity contribution in [3.8, 4) is 5.75 Å². The topological polar surface area (TPSA) is 99.8 Å². The Morgan fingerprint density at radius 2 is 1.95 bits per heavy atom. The van der Waals surface area contributed by atoms with Crippen LogP contribution in [0.2, 0.25) is 0 Å². The van der Waals surface area contributed by atoms with E-state index in [1.807, 2.05) is 0 Å². The molecule has 7 heteroatoms. The molecule has 0 bridgehead atoms. The van der Waals surface area contributed by atoms with E-state index in [4.69, 9.17) is 9.52 Å². The lowest BCUT2D eigenvalue weighted by molar-refractivity contribution is 0.0697. The average molecular weight is 326 g/mol. The number of anilines is 1. The van der Waals surface area contributed by atoms with Gasteiger partial charge in [0.1, 0.15) is 5.75 Å². The van der Waals surface area contributed by atoms with Gasteiger partial charge in [-0.05, 0) is 40.2 Å². The Labute approximate surface area is 115 Å². The van der Waals surface area contributed by atoms with Crippen molar-refractivity contribution >= 4 is 33.5 Å². The zero-order valence-corrected chi connectivity index (χ0v) is 11.0. The Bertz CT molecular complexity index is 649. The zero-order chi connectivity index (χ0) is 14.0. The number of phenols is 1. The largest absolute Gasteiger partial charge is 0.508 e. The van der Waals surface area contributed by atoms with Gasteiger partial charge in [0.25, 0.3) is 5.91 Å². The lowest BCUT2D eigenvalue weighted by Gasteiger charge is -2.08. The standard InChI is InChI=1S/C12H8BrNO5/c13-10-7(3-4-19-10)11(16)14-9-2-1-6(15)5-8(9)12(17)18/h1-5,15H,(H,14,16)(H,17,18). The molecule has 0 saturated carbocycles. The lowest BCUT2D eigenvalue weighted by Crippen LogP contribution is -2.14. The molecule has 0 spiro atoms. The number of phenolic OH excluding ortho intramolecular Hbond substituents is 1. The van der Waals surface area contributed by atoms with Crippen molar-refractivity contribution in [2.24, 2.45) is 0 Å². The van der Waals surface area contributed by atoms with Crippen LogP contribution in [-0.2, 0) is 0 Å². The summed E-state index contributed by atoms with van der Waals surface area (Å²) in [5.74, 6) is -1.97. The van der Waals surface area contributed by atoms with Gasteiger partial charge in [-0.15, -0.1) is 0 Å². The molecule has 1 aromatic carbocycles. The molecule has 0 fully saturated rings. The minimum atomic E-state index is -1.25. The Hall–Kier alpha value is -2.28. The molecule has 0 radical (unpaired) electrons. The molecule has 2 rings (SSSR count). The van der Waals surface area contributed by atoms with Crippen molar-refractivity contribution in [2.45, 2.75) is 0 Å². The van der Waals surface area contributed by atoms with E-state index < -0.39 is 11.9 Å². The van der Waals surface area contributed by atoms with Crippen LogP contribution >= 0.6 is 15.9 Å². The second kappa shape index (κ2) is 5.15. The van der Waals surface area contributed by atoms with Gasteiger partial charge in [0.2, 0.25) is 0 Å². The number of benzene rings is 1. The first-order chi connectivity index (χ1) is 8.99. The van der Waals surface area contributed by atoms with E-state index >= 15 is 0 Å². The number of furan rings is 1. The van der Waals surface area contributed by atoms with Crippen molar-refractivity contribution in [2.75, 3.05) is 5.32 Å². The van der Waals surface area contributed by atoms with E-state index in [0.717, 1.165) is 6.07 Å². The third-order valence-electron chi connectivity index (χ3n) is 2.34. The number of nitrogens with one attached hydrogen (secondary N) is 1. The second-order valence-electron chi connectivity index (χ2n) is 3.60. The van der Waals surface area contributed by atoms with E-state index in [0.29, 0.717) is 0 Å². The number of hydrogen-bond acceptors (Lipinski definition) is 4. The van der Waals surface area contributed by atoms with Crippen molar-refractivity contribution in [1.82, 2.24) is 0 Å². The summed E-state index contributed by atoms with van der Waals surface area (Å²) in [5, 5.41) is 20.7. The summed E-state index contributed by atoms with van der Waals surface area (Å²) in [6.45, 7) is 0. The maximum Gasteiger partial charge on any atom is 0.337 e. The molecule has 0 unspecified atom stereocenters. The van der Waals surface area contributed by atoms with E-state index in [9.17, 15) is 14.7 Å². The highest BCUT2D eigenvalue weighted by Crippen LogP contribution is 2.24. The van der Waals surface area contributed by atoms with Crippen LogP contribution in [-0.4, -0.2) is 22.1 Å². The molecule has 1 amide bonds. The highest BCUT2D eigenvalue weighted by molar-refractivity contribution is 9.10. The van der Waals surface area contributed by atoms with Gasteiger partial charge >= 0.3 is 5.97 Å². The third kappa shape index (κ3) is 2.76. The van der Waals surface area contributed by atoms with Gasteiger partial charge in [-0.25, -0.2) is 4.79 Å². The number of aromatic hydroxyl groups is 1. The fourth-order valence-corrected chi connectivity index (χ4v) is 1.88. The smallest absolute Gasteiger partial charge is 0.337 e. The summed E-state index contributed by atoms with van der Waals surface area (Å²) in [5.41, 5.74) is 0.126. The van der Waals surface area contributed by atoms with E-state index in [-0.39, 0.29) is 27.2 Å². The maximum absolute atomic E-state index is 11.9. The van der Waals surface area contributed by atoms with Gasteiger partial charge in [-0.3, -0.25) is 4.79 Å². The van der Waals surface area contributed by atoms with Gasteiger partial charge in [-0.2, -0.15) is 0 Å². The molecule has 98 valence electrons. The first kappa shape index (κ1) is 13.2. The van der Waals surface area contributed by atoms with Gasteiger partial charge in [0, 0.05) is 0 Å². The quantitative estimate of drug-likeness (QED) is 0.753. The number of halogens is 1. The fraction of sp³-hybridized carbons (Fsp3) is 0. The van der Waals surface area contributed by atoms with E-state index in [1.54, 1.807) is 0 Å². The summed E-state index contributed by atoms with van der Waals surface area (Å²) in [7, 11) is 0. The molecular weight excluding hydrogens is 318 g/mol.